The second-order valence-corrected chi connectivity index (χ2v) is 8.97. The first kappa shape index (κ1) is 19.0. The maximum absolute atomic E-state index is 13.9. The van der Waals surface area contributed by atoms with E-state index in [1.165, 1.54) is 33.4 Å². The summed E-state index contributed by atoms with van der Waals surface area (Å²) in [5, 5.41) is 0.837. The highest BCUT2D eigenvalue weighted by Crippen LogP contribution is 2.27. The Balaban J connectivity index is 1.58. The van der Waals surface area contributed by atoms with Gasteiger partial charge in [0.15, 0.2) is 0 Å². The van der Waals surface area contributed by atoms with Crippen molar-refractivity contribution in [3.05, 3.63) is 70.0 Å². The van der Waals surface area contributed by atoms with E-state index in [-0.39, 0.29) is 29.6 Å². The Hall–Kier alpha value is -2.29. The van der Waals surface area contributed by atoms with Crippen molar-refractivity contribution in [2.75, 3.05) is 13.1 Å². The van der Waals surface area contributed by atoms with Crippen LogP contribution in [0.25, 0.3) is 10.9 Å². The predicted molar refractivity (Wildman–Crippen MR) is 104 cm³/mol. The summed E-state index contributed by atoms with van der Waals surface area (Å²) in [6, 6.07) is 10.2. The molecule has 2 aromatic carbocycles. The van der Waals surface area contributed by atoms with Crippen molar-refractivity contribution in [1.29, 1.82) is 0 Å². The largest absolute Gasteiger partial charge is 0.296 e. The van der Waals surface area contributed by atoms with Crippen LogP contribution in [0.2, 0.25) is 5.02 Å². The van der Waals surface area contributed by atoms with Crippen LogP contribution in [-0.2, 0) is 10.0 Å². The van der Waals surface area contributed by atoms with Gasteiger partial charge in [-0.15, -0.1) is 0 Å². The summed E-state index contributed by atoms with van der Waals surface area (Å²) in [6.07, 6.45) is 2.32. The minimum absolute atomic E-state index is 0.185. The van der Waals surface area contributed by atoms with Crippen LogP contribution >= 0.6 is 11.6 Å². The number of para-hydroxylation sites is 1. The van der Waals surface area contributed by atoms with Crippen molar-refractivity contribution >= 4 is 32.5 Å². The molecule has 1 aliphatic rings. The molecular formula is C19H17ClFN3O3S. The third-order valence-electron chi connectivity index (χ3n) is 5.03. The SMILES string of the molecule is O=c1c2cccc(Cl)c2ncn1C1CCN(S(=O)(=O)c2ccccc2F)CC1. The summed E-state index contributed by atoms with van der Waals surface area (Å²) in [7, 11) is -3.91. The third-order valence-corrected chi connectivity index (χ3v) is 7.27. The molecule has 1 saturated heterocycles. The minimum Gasteiger partial charge on any atom is -0.296 e. The van der Waals surface area contributed by atoms with Gasteiger partial charge in [0.25, 0.3) is 5.56 Å². The molecule has 146 valence electrons. The molecule has 0 radical (unpaired) electrons. The maximum atomic E-state index is 13.9. The minimum atomic E-state index is -3.91. The molecule has 0 unspecified atom stereocenters. The van der Waals surface area contributed by atoms with E-state index in [0.717, 1.165) is 6.07 Å². The van der Waals surface area contributed by atoms with Gasteiger partial charge in [-0.1, -0.05) is 29.8 Å². The molecule has 3 aromatic rings. The number of hydrogen-bond acceptors (Lipinski definition) is 4. The van der Waals surface area contributed by atoms with Gasteiger partial charge in [-0.2, -0.15) is 4.31 Å². The van der Waals surface area contributed by atoms with Crippen molar-refractivity contribution < 1.29 is 12.8 Å². The molecule has 1 aromatic heterocycles. The first-order chi connectivity index (χ1) is 13.4. The summed E-state index contributed by atoms with van der Waals surface area (Å²) in [5.41, 5.74) is 0.243. The van der Waals surface area contributed by atoms with Crippen LogP contribution in [0.3, 0.4) is 0 Å². The molecule has 2 heterocycles. The molecule has 0 amide bonds. The number of piperidine rings is 1. The Bertz CT molecular complexity index is 1200. The fourth-order valence-electron chi connectivity index (χ4n) is 3.54. The van der Waals surface area contributed by atoms with Crippen LogP contribution in [-0.4, -0.2) is 35.4 Å². The topological polar surface area (TPSA) is 72.3 Å². The second-order valence-electron chi connectivity index (χ2n) is 6.66. The number of hydrogen-bond donors (Lipinski definition) is 0. The summed E-state index contributed by atoms with van der Waals surface area (Å²) in [6.45, 7) is 0.392. The lowest BCUT2D eigenvalue weighted by Gasteiger charge is -2.32. The summed E-state index contributed by atoms with van der Waals surface area (Å²) >= 11 is 6.09. The molecule has 0 aliphatic carbocycles. The van der Waals surface area contributed by atoms with E-state index in [9.17, 15) is 17.6 Å². The third kappa shape index (κ3) is 3.21. The van der Waals surface area contributed by atoms with Crippen LogP contribution < -0.4 is 5.56 Å². The van der Waals surface area contributed by atoms with Gasteiger partial charge in [0.2, 0.25) is 10.0 Å². The standard InChI is InChI=1S/C19H17ClFN3O3S/c20-15-5-3-4-14-18(15)22-12-24(19(14)25)13-8-10-23(11-9-13)28(26,27)17-7-2-1-6-16(17)21/h1-7,12-13H,8-11H2. The van der Waals surface area contributed by atoms with Crippen LogP contribution in [0.5, 0.6) is 0 Å². The second kappa shape index (κ2) is 7.27. The molecule has 6 nitrogen and oxygen atoms in total. The summed E-state index contributed by atoms with van der Waals surface area (Å²) in [4.78, 5) is 16.8. The van der Waals surface area contributed by atoms with E-state index < -0.39 is 15.8 Å². The van der Waals surface area contributed by atoms with E-state index in [4.69, 9.17) is 11.6 Å². The molecule has 0 saturated carbocycles. The lowest BCUT2D eigenvalue weighted by molar-refractivity contribution is 0.269. The van der Waals surface area contributed by atoms with E-state index in [2.05, 4.69) is 4.98 Å². The lowest BCUT2D eigenvalue weighted by Crippen LogP contribution is -2.41. The molecule has 0 N–H and O–H groups in total. The van der Waals surface area contributed by atoms with E-state index in [1.54, 1.807) is 18.2 Å². The van der Waals surface area contributed by atoms with Crippen LogP contribution in [0, 0.1) is 5.82 Å². The van der Waals surface area contributed by atoms with Crippen LogP contribution in [0.15, 0.2) is 58.5 Å². The zero-order chi connectivity index (χ0) is 19.9. The first-order valence-electron chi connectivity index (χ1n) is 8.79. The number of nitrogens with zero attached hydrogens (tertiary/aromatic N) is 3. The van der Waals surface area contributed by atoms with E-state index in [0.29, 0.717) is 28.8 Å². The monoisotopic (exact) mass is 421 g/mol. The van der Waals surface area contributed by atoms with E-state index in [1.807, 2.05) is 0 Å². The van der Waals surface area contributed by atoms with Gasteiger partial charge in [-0.25, -0.2) is 17.8 Å². The quantitative estimate of drug-likeness (QED) is 0.651. The van der Waals surface area contributed by atoms with Gasteiger partial charge >= 0.3 is 0 Å². The number of aromatic nitrogens is 2. The Morgan fingerprint density at radius 2 is 1.79 bits per heavy atom. The number of rotatable bonds is 3. The molecule has 0 atom stereocenters. The Labute approximate surface area is 166 Å². The van der Waals surface area contributed by atoms with Gasteiger partial charge in [-0.05, 0) is 37.1 Å². The molecule has 0 bridgehead atoms. The number of benzene rings is 2. The molecule has 9 heteroatoms. The van der Waals surface area contributed by atoms with Gasteiger partial charge in [0.1, 0.15) is 10.7 Å². The molecule has 1 aliphatic heterocycles. The highest BCUT2D eigenvalue weighted by molar-refractivity contribution is 7.89. The van der Waals surface area contributed by atoms with Gasteiger partial charge in [0, 0.05) is 19.1 Å². The lowest BCUT2D eigenvalue weighted by atomic mass is 10.1. The number of halogens is 2. The van der Waals surface area contributed by atoms with Gasteiger partial charge in [-0.3, -0.25) is 9.36 Å². The first-order valence-corrected chi connectivity index (χ1v) is 10.6. The molecule has 28 heavy (non-hydrogen) atoms. The fourth-order valence-corrected chi connectivity index (χ4v) is 5.30. The van der Waals surface area contributed by atoms with Crippen molar-refractivity contribution in [2.24, 2.45) is 0 Å². The summed E-state index contributed by atoms with van der Waals surface area (Å²) < 4.78 is 42.2. The van der Waals surface area contributed by atoms with Crippen LogP contribution in [0.1, 0.15) is 18.9 Å². The predicted octanol–water partition coefficient (Wildman–Crippen LogP) is 3.21. The average Bonchev–Trinajstić information content (AvgIpc) is 2.69. The van der Waals surface area contributed by atoms with Crippen molar-refractivity contribution in [2.45, 2.75) is 23.8 Å². The Morgan fingerprint density at radius 3 is 2.50 bits per heavy atom. The van der Waals surface area contributed by atoms with Gasteiger partial charge in [0.05, 0.1) is 22.3 Å². The summed E-state index contributed by atoms with van der Waals surface area (Å²) in [5.74, 6) is -0.767. The molecule has 4 rings (SSSR count). The van der Waals surface area contributed by atoms with Crippen molar-refractivity contribution in [3.8, 4) is 0 Å². The maximum Gasteiger partial charge on any atom is 0.261 e. The Kier molecular flexibility index (Phi) is 4.95. The highest BCUT2D eigenvalue weighted by Gasteiger charge is 2.32. The zero-order valence-electron chi connectivity index (χ0n) is 14.8. The van der Waals surface area contributed by atoms with Crippen molar-refractivity contribution in [1.82, 2.24) is 13.9 Å². The zero-order valence-corrected chi connectivity index (χ0v) is 16.3. The number of fused-ring (bicyclic) bond motifs is 1. The Morgan fingerprint density at radius 1 is 1.07 bits per heavy atom. The molecule has 1 fully saturated rings. The van der Waals surface area contributed by atoms with Crippen molar-refractivity contribution in [3.63, 3.8) is 0 Å². The number of sulfonamides is 1. The van der Waals surface area contributed by atoms with E-state index >= 15 is 0 Å². The molecular weight excluding hydrogens is 405 g/mol. The van der Waals surface area contributed by atoms with Crippen LogP contribution in [0.4, 0.5) is 4.39 Å². The fraction of sp³-hybridized carbons (Fsp3) is 0.263. The van der Waals surface area contributed by atoms with Gasteiger partial charge < -0.3 is 0 Å². The average molecular weight is 422 g/mol. The normalized spacial score (nSPS) is 16.5. The molecule has 0 spiro atoms. The smallest absolute Gasteiger partial charge is 0.261 e. The highest BCUT2D eigenvalue weighted by atomic mass is 35.5.